The van der Waals surface area contributed by atoms with Gasteiger partial charge in [0.1, 0.15) is 11.6 Å². The summed E-state index contributed by atoms with van der Waals surface area (Å²) in [5.74, 6) is -0.489. The average Bonchev–Trinajstić information content (AvgIpc) is 2.35. The lowest BCUT2D eigenvalue weighted by Crippen LogP contribution is -2.04. The zero-order chi connectivity index (χ0) is 13.1. The second-order valence-corrected chi connectivity index (χ2v) is 4.20. The Bertz CT molecular complexity index is 574. The van der Waals surface area contributed by atoms with Crippen LogP contribution >= 0.6 is 0 Å². The molecule has 2 rings (SSSR count). The number of hydrogen-bond donors (Lipinski definition) is 1. The van der Waals surface area contributed by atoms with Crippen molar-refractivity contribution in [3.8, 4) is 5.75 Å². The molecule has 2 aromatic rings. The molecule has 0 fully saturated rings. The predicted octanol–water partition coefficient (Wildman–Crippen LogP) is 3.27. The number of rotatable bonds is 3. The Kier molecular flexibility index (Phi) is 3.42. The van der Waals surface area contributed by atoms with Crippen LogP contribution in [0.3, 0.4) is 0 Å². The molecule has 0 saturated heterocycles. The van der Waals surface area contributed by atoms with E-state index < -0.39 is 0 Å². The Morgan fingerprint density at radius 3 is 2.50 bits per heavy atom. The molecule has 3 heteroatoms. The zero-order valence-corrected chi connectivity index (χ0v) is 9.98. The van der Waals surface area contributed by atoms with E-state index >= 15 is 0 Å². The Morgan fingerprint density at radius 2 is 1.83 bits per heavy atom. The fourth-order valence-corrected chi connectivity index (χ4v) is 1.77. The number of hydrogen-bond acceptors (Lipinski definition) is 2. The SMILES string of the molecule is Cc1cccc(C(=O)Cc2ccc(F)cc2)c1O. The maximum Gasteiger partial charge on any atom is 0.170 e. The zero-order valence-electron chi connectivity index (χ0n) is 9.98. The highest BCUT2D eigenvalue weighted by Crippen LogP contribution is 2.23. The molecule has 2 aromatic carbocycles. The van der Waals surface area contributed by atoms with Crippen LogP contribution in [0.2, 0.25) is 0 Å². The van der Waals surface area contributed by atoms with E-state index in [2.05, 4.69) is 0 Å². The Balaban J connectivity index is 2.22. The summed E-state index contributed by atoms with van der Waals surface area (Å²) in [5, 5.41) is 9.81. The normalized spacial score (nSPS) is 10.3. The molecule has 0 atom stereocenters. The number of ketones is 1. The van der Waals surface area contributed by atoms with Gasteiger partial charge in [-0.15, -0.1) is 0 Å². The number of carbonyl (C=O) groups excluding carboxylic acids is 1. The molecular formula is C15H13FO2. The van der Waals surface area contributed by atoms with E-state index in [1.165, 1.54) is 12.1 Å². The summed E-state index contributed by atoms with van der Waals surface area (Å²) in [7, 11) is 0. The molecule has 92 valence electrons. The van der Waals surface area contributed by atoms with Crippen molar-refractivity contribution in [2.24, 2.45) is 0 Å². The molecule has 0 unspecified atom stereocenters. The molecule has 0 amide bonds. The molecule has 2 nitrogen and oxygen atoms in total. The number of aromatic hydroxyl groups is 1. The van der Waals surface area contributed by atoms with Crippen molar-refractivity contribution < 1.29 is 14.3 Å². The average molecular weight is 244 g/mol. The third kappa shape index (κ3) is 2.56. The number of carbonyl (C=O) groups is 1. The molecular weight excluding hydrogens is 231 g/mol. The number of benzene rings is 2. The Labute approximate surface area is 105 Å². The van der Waals surface area contributed by atoms with Gasteiger partial charge in [-0.2, -0.15) is 0 Å². The van der Waals surface area contributed by atoms with E-state index in [-0.39, 0.29) is 23.8 Å². The van der Waals surface area contributed by atoms with Crippen LogP contribution in [0, 0.1) is 12.7 Å². The van der Waals surface area contributed by atoms with Crippen molar-refractivity contribution in [3.63, 3.8) is 0 Å². The molecule has 1 N–H and O–H groups in total. The predicted molar refractivity (Wildman–Crippen MR) is 67.3 cm³/mol. The number of halogens is 1. The molecule has 0 radical (unpaired) electrons. The van der Waals surface area contributed by atoms with Gasteiger partial charge in [-0.1, -0.05) is 24.3 Å². The number of para-hydroxylation sites is 1. The van der Waals surface area contributed by atoms with Crippen LogP contribution < -0.4 is 0 Å². The highest BCUT2D eigenvalue weighted by Gasteiger charge is 2.12. The fourth-order valence-electron chi connectivity index (χ4n) is 1.77. The van der Waals surface area contributed by atoms with Gasteiger partial charge >= 0.3 is 0 Å². The third-order valence-corrected chi connectivity index (χ3v) is 2.82. The molecule has 0 aliphatic carbocycles. The number of aryl methyl sites for hydroxylation is 1. The number of phenolic OH excluding ortho intramolecular Hbond substituents is 1. The second-order valence-electron chi connectivity index (χ2n) is 4.20. The van der Waals surface area contributed by atoms with E-state index in [9.17, 15) is 14.3 Å². The van der Waals surface area contributed by atoms with Gasteiger partial charge in [0, 0.05) is 6.42 Å². The van der Waals surface area contributed by atoms with E-state index in [1.54, 1.807) is 37.3 Å². The van der Waals surface area contributed by atoms with Gasteiger partial charge in [-0.05, 0) is 36.2 Å². The van der Waals surface area contributed by atoms with Crippen molar-refractivity contribution >= 4 is 5.78 Å². The second kappa shape index (κ2) is 5.00. The van der Waals surface area contributed by atoms with Crippen molar-refractivity contribution in [2.75, 3.05) is 0 Å². The highest BCUT2D eigenvalue weighted by molar-refractivity contribution is 6.00. The highest BCUT2D eigenvalue weighted by atomic mass is 19.1. The molecule has 0 aromatic heterocycles. The maximum absolute atomic E-state index is 12.7. The van der Waals surface area contributed by atoms with E-state index in [1.807, 2.05) is 0 Å². The molecule has 0 spiro atoms. The first-order chi connectivity index (χ1) is 8.58. The minimum absolute atomic E-state index is 0.0182. The molecule has 0 bridgehead atoms. The minimum atomic E-state index is -0.329. The smallest absolute Gasteiger partial charge is 0.170 e. The Hall–Kier alpha value is -2.16. The maximum atomic E-state index is 12.7. The van der Waals surface area contributed by atoms with Gasteiger partial charge in [0.2, 0.25) is 0 Å². The summed E-state index contributed by atoms with van der Waals surface area (Å²) in [4.78, 5) is 12.0. The quantitative estimate of drug-likeness (QED) is 0.841. The summed E-state index contributed by atoms with van der Waals surface area (Å²) >= 11 is 0. The van der Waals surface area contributed by atoms with Gasteiger partial charge < -0.3 is 5.11 Å². The standard InChI is InChI=1S/C15H13FO2/c1-10-3-2-4-13(15(10)18)14(17)9-11-5-7-12(16)8-6-11/h2-8,18H,9H2,1H3. The number of Topliss-reactive ketones (excluding diaryl/α,β-unsaturated/α-hetero) is 1. The van der Waals surface area contributed by atoms with Gasteiger partial charge in [0.15, 0.2) is 5.78 Å². The molecule has 18 heavy (non-hydrogen) atoms. The first-order valence-electron chi connectivity index (χ1n) is 5.64. The van der Waals surface area contributed by atoms with Gasteiger partial charge in [-0.3, -0.25) is 4.79 Å². The Morgan fingerprint density at radius 1 is 1.17 bits per heavy atom. The van der Waals surface area contributed by atoms with Gasteiger partial charge in [0.05, 0.1) is 5.56 Å². The van der Waals surface area contributed by atoms with Crippen LogP contribution in [0.4, 0.5) is 4.39 Å². The van der Waals surface area contributed by atoms with Crippen LogP contribution in [0.25, 0.3) is 0 Å². The summed E-state index contributed by atoms with van der Waals surface area (Å²) < 4.78 is 12.7. The van der Waals surface area contributed by atoms with Crippen molar-refractivity contribution in [3.05, 3.63) is 65.0 Å². The van der Waals surface area contributed by atoms with Crippen LogP contribution in [-0.4, -0.2) is 10.9 Å². The third-order valence-electron chi connectivity index (χ3n) is 2.82. The fraction of sp³-hybridized carbons (Fsp3) is 0.133. The topological polar surface area (TPSA) is 37.3 Å². The summed E-state index contributed by atoms with van der Waals surface area (Å²) in [6.07, 6.45) is 0.150. The van der Waals surface area contributed by atoms with Crippen LogP contribution in [0.5, 0.6) is 5.75 Å². The summed E-state index contributed by atoms with van der Waals surface area (Å²) in [6.45, 7) is 1.74. The summed E-state index contributed by atoms with van der Waals surface area (Å²) in [5.41, 5.74) is 1.70. The van der Waals surface area contributed by atoms with E-state index in [4.69, 9.17) is 0 Å². The van der Waals surface area contributed by atoms with Crippen LogP contribution in [0.1, 0.15) is 21.5 Å². The first-order valence-corrected chi connectivity index (χ1v) is 5.64. The van der Waals surface area contributed by atoms with Crippen molar-refractivity contribution in [2.45, 2.75) is 13.3 Å². The lowest BCUT2D eigenvalue weighted by atomic mass is 10.0. The van der Waals surface area contributed by atoms with E-state index in [0.717, 1.165) is 5.56 Å². The van der Waals surface area contributed by atoms with Gasteiger partial charge in [-0.25, -0.2) is 4.39 Å². The lowest BCUT2D eigenvalue weighted by Gasteiger charge is -2.06. The van der Waals surface area contributed by atoms with Crippen LogP contribution in [0.15, 0.2) is 42.5 Å². The first kappa shape index (κ1) is 12.3. The molecule has 0 aliphatic heterocycles. The van der Waals surface area contributed by atoms with Crippen molar-refractivity contribution in [1.82, 2.24) is 0 Å². The van der Waals surface area contributed by atoms with Crippen molar-refractivity contribution in [1.29, 1.82) is 0 Å². The van der Waals surface area contributed by atoms with E-state index in [0.29, 0.717) is 11.1 Å². The van der Waals surface area contributed by atoms with Gasteiger partial charge in [0.25, 0.3) is 0 Å². The molecule has 0 aliphatic rings. The molecule has 0 heterocycles. The minimum Gasteiger partial charge on any atom is -0.507 e. The lowest BCUT2D eigenvalue weighted by molar-refractivity contribution is 0.0990. The molecule has 0 saturated carbocycles. The number of phenols is 1. The largest absolute Gasteiger partial charge is 0.507 e. The monoisotopic (exact) mass is 244 g/mol. The summed E-state index contributed by atoms with van der Waals surface area (Å²) in [6, 6.07) is 10.8. The van der Waals surface area contributed by atoms with Crippen LogP contribution in [-0.2, 0) is 6.42 Å².